The summed E-state index contributed by atoms with van der Waals surface area (Å²) in [5, 5.41) is 0. The molecule has 0 amide bonds. The monoisotopic (exact) mass is 352 g/mol. The SMILES string of the molecule is CC1CCCC(N(C)C(C)(CN)Cc2ccc(Br)cc2)C1. The Hall–Kier alpha value is -0.380. The van der Waals surface area contributed by atoms with Crippen LogP contribution in [0.1, 0.15) is 45.1 Å². The zero-order chi connectivity index (χ0) is 15.5. The lowest BCUT2D eigenvalue weighted by Gasteiger charge is -2.45. The smallest absolute Gasteiger partial charge is 0.0343 e. The number of benzene rings is 1. The fourth-order valence-electron chi connectivity index (χ4n) is 3.58. The summed E-state index contributed by atoms with van der Waals surface area (Å²) in [7, 11) is 2.27. The van der Waals surface area contributed by atoms with Gasteiger partial charge in [0, 0.05) is 22.6 Å². The third-order valence-electron chi connectivity index (χ3n) is 5.25. The first-order valence-corrected chi connectivity index (χ1v) is 8.91. The highest BCUT2D eigenvalue weighted by molar-refractivity contribution is 9.10. The molecular weight excluding hydrogens is 324 g/mol. The summed E-state index contributed by atoms with van der Waals surface area (Å²) in [4.78, 5) is 2.56. The molecule has 2 nitrogen and oxygen atoms in total. The van der Waals surface area contributed by atoms with Crippen LogP contribution in [0.4, 0.5) is 0 Å². The standard InChI is InChI=1S/C18H29BrN2/c1-14-5-4-6-17(11-14)21(3)18(2,13-20)12-15-7-9-16(19)10-8-15/h7-10,14,17H,4-6,11-13,20H2,1-3H3. The zero-order valence-corrected chi connectivity index (χ0v) is 15.2. The molecule has 118 valence electrons. The molecule has 3 atom stereocenters. The second-order valence-corrected chi connectivity index (χ2v) is 7.96. The molecule has 0 heterocycles. The summed E-state index contributed by atoms with van der Waals surface area (Å²) in [6.45, 7) is 5.40. The van der Waals surface area contributed by atoms with Gasteiger partial charge in [0.2, 0.25) is 0 Å². The third-order valence-corrected chi connectivity index (χ3v) is 5.77. The highest BCUT2D eigenvalue weighted by Gasteiger charge is 2.34. The number of likely N-dealkylation sites (N-methyl/N-ethyl adjacent to an activating group) is 1. The van der Waals surface area contributed by atoms with Crippen molar-refractivity contribution < 1.29 is 0 Å². The molecule has 2 N–H and O–H groups in total. The van der Waals surface area contributed by atoms with Gasteiger partial charge in [0.25, 0.3) is 0 Å². The maximum Gasteiger partial charge on any atom is 0.0343 e. The lowest BCUT2D eigenvalue weighted by atomic mass is 9.82. The van der Waals surface area contributed by atoms with E-state index in [1.165, 1.54) is 31.2 Å². The number of nitrogens with zero attached hydrogens (tertiary/aromatic N) is 1. The minimum absolute atomic E-state index is 0.0373. The summed E-state index contributed by atoms with van der Waals surface area (Å²) >= 11 is 3.51. The van der Waals surface area contributed by atoms with Crippen LogP contribution in [-0.4, -0.2) is 30.1 Å². The van der Waals surface area contributed by atoms with Crippen molar-refractivity contribution in [3.63, 3.8) is 0 Å². The van der Waals surface area contributed by atoms with Crippen LogP contribution >= 0.6 is 15.9 Å². The fraction of sp³-hybridized carbons (Fsp3) is 0.667. The molecule has 1 aromatic carbocycles. The first kappa shape index (κ1) is 17.0. The maximum absolute atomic E-state index is 6.18. The van der Waals surface area contributed by atoms with Gasteiger partial charge in [0.1, 0.15) is 0 Å². The van der Waals surface area contributed by atoms with Crippen molar-refractivity contribution in [1.29, 1.82) is 0 Å². The average Bonchev–Trinajstić information content (AvgIpc) is 2.48. The Morgan fingerprint density at radius 3 is 2.52 bits per heavy atom. The lowest BCUT2D eigenvalue weighted by Crippen LogP contribution is -2.56. The van der Waals surface area contributed by atoms with E-state index in [9.17, 15) is 0 Å². The van der Waals surface area contributed by atoms with Crippen molar-refractivity contribution in [2.24, 2.45) is 11.7 Å². The molecule has 1 aromatic rings. The zero-order valence-electron chi connectivity index (χ0n) is 13.6. The summed E-state index contributed by atoms with van der Waals surface area (Å²) in [5.41, 5.74) is 7.58. The predicted molar refractivity (Wildman–Crippen MR) is 94.5 cm³/mol. The average molecular weight is 353 g/mol. The molecular formula is C18H29BrN2. The highest BCUT2D eigenvalue weighted by Crippen LogP contribution is 2.31. The van der Waals surface area contributed by atoms with E-state index in [1.807, 2.05) is 0 Å². The Labute approximate surface area is 138 Å². The normalized spacial score (nSPS) is 25.8. The number of rotatable bonds is 5. The van der Waals surface area contributed by atoms with Gasteiger partial charge in [-0.3, -0.25) is 4.90 Å². The van der Waals surface area contributed by atoms with Gasteiger partial charge in [-0.25, -0.2) is 0 Å². The van der Waals surface area contributed by atoms with E-state index >= 15 is 0 Å². The van der Waals surface area contributed by atoms with Crippen molar-refractivity contribution in [3.8, 4) is 0 Å². The Morgan fingerprint density at radius 1 is 1.29 bits per heavy atom. The van der Waals surface area contributed by atoms with Crippen LogP contribution in [0.15, 0.2) is 28.7 Å². The van der Waals surface area contributed by atoms with Gasteiger partial charge in [-0.1, -0.05) is 47.8 Å². The molecule has 1 aliphatic rings. The Bertz CT molecular complexity index is 445. The Balaban J connectivity index is 2.09. The quantitative estimate of drug-likeness (QED) is 0.859. The minimum atomic E-state index is 0.0373. The van der Waals surface area contributed by atoms with Crippen molar-refractivity contribution in [1.82, 2.24) is 4.90 Å². The van der Waals surface area contributed by atoms with Crippen LogP contribution in [0.3, 0.4) is 0 Å². The molecule has 1 fully saturated rings. The van der Waals surface area contributed by atoms with Gasteiger partial charge in [-0.05, 0) is 56.8 Å². The molecule has 3 unspecified atom stereocenters. The van der Waals surface area contributed by atoms with Crippen molar-refractivity contribution in [2.45, 2.75) is 57.5 Å². The van der Waals surface area contributed by atoms with Gasteiger partial charge in [-0.2, -0.15) is 0 Å². The van der Waals surface area contributed by atoms with Gasteiger partial charge in [-0.15, -0.1) is 0 Å². The number of nitrogens with two attached hydrogens (primary N) is 1. The molecule has 3 heteroatoms. The summed E-state index contributed by atoms with van der Waals surface area (Å²) in [6, 6.07) is 9.33. The highest BCUT2D eigenvalue weighted by atomic mass is 79.9. The largest absolute Gasteiger partial charge is 0.329 e. The van der Waals surface area contributed by atoms with E-state index in [4.69, 9.17) is 5.73 Å². The van der Waals surface area contributed by atoms with Gasteiger partial charge >= 0.3 is 0 Å². The topological polar surface area (TPSA) is 29.3 Å². The number of halogens is 1. The molecule has 1 saturated carbocycles. The van der Waals surface area contributed by atoms with Crippen molar-refractivity contribution >= 4 is 15.9 Å². The van der Waals surface area contributed by atoms with Crippen LogP contribution in [-0.2, 0) is 6.42 Å². The van der Waals surface area contributed by atoms with Gasteiger partial charge in [0.15, 0.2) is 0 Å². The van der Waals surface area contributed by atoms with E-state index in [2.05, 4.69) is 66.0 Å². The second-order valence-electron chi connectivity index (χ2n) is 7.04. The predicted octanol–water partition coefficient (Wildman–Crippen LogP) is 4.22. The van der Waals surface area contributed by atoms with Crippen LogP contribution in [0, 0.1) is 5.92 Å². The van der Waals surface area contributed by atoms with Crippen molar-refractivity contribution in [3.05, 3.63) is 34.3 Å². The molecule has 0 radical (unpaired) electrons. The first-order chi connectivity index (χ1) is 9.94. The fourth-order valence-corrected chi connectivity index (χ4v) is 3.84. The molecule has 0 aromatic heterocycles. The maximum atomic E-state index is 6.18. The van der Waals surface area contributed by atoms with E-state index in [1.54, 1.807) is 0 Å². The number of hydrogen-bond donors (Lipinski definition) is 1. The molecule has 1 aliphatic carbocycles. The molecule has 0 aliphatic heterocycles. The first-order valence-electron chi connectivity index (χ1n) is 8.12. The third kappa shape index (κ3) is 4.30. The van der Waals surface area contributed by atoms with Crippen LogP contribution < -0.4 is 5.73 Å². The molecule has 0 saturated heterocycles. The summed E-state index contributed by atoms with van der Waals surface area (Å²) in [5.74, 6) is 0.848. The van der Waals surface area contributed by atoms with E-state index in [0.29, 0.717) is 12.6 Å². The summed E-state index contributed by atoms with van der Waals surface area (Å²) in [6.07, 6.45) is 6.38. The molecule has 2 rings (SSSR count). The van der Waals surface area contributed by atoms with Gasteiger partial charge in [0.05, 0.1) is 0 Å². The van der Waals surface area contributed by atoms with E-state index < -0.39 is 0 Å². The number of hydrogen-bond acceptors (Lipinski definition) is 2. The van der Waals surface area contributed by atoms with Crippen molar-refractivity contribution in [2.75, 3.05) is 13.6 Å². The second kappa shape index (κ2) is 7.26. The molecule has 0 spiro atoms. The van der Waals surface area contributed by atoms with E-state index in [-0.39, 0.29) is 5.54 Å². The Kier molecular flexibility index (Phi) is 5.87. The van der Waals surface area contributed by atoms with E-state index in [0.717, 1.165) is 16.8 Å². The van der Waals surface area contributed by atoms with Crippen LogP contribution in [0.25, 0.3) is 0 Å². The van der Waals surface area contributed by atoms with Crippen LogP contribution in [0.5, 0.6) is 0 Å². The van der Waals surface area contributed by atoms with Gasteiger partial charge < -0.3 is 5.73 Å². The summed E-state index contributed by atoms with van der Waals surface area (Å²) < 4.78 is 1.13. The molecule has 21 heavy (non-hydrogen) atoms. The molecule has 0 bridgehead atoms. The Morgan fingerprint density at radius 2 is 1.95 bits per heavy atom. The van der Waals surface area contributed by atoms with Crippen LogP contribution in [0.2, 0.25) is 0 Å². The minimum Gasteiger partial charge on any atom is -0.329 e. The lowest BCUT2D eigenvalue weighted by molar-refractivity contribution is 0.0589.